The van der Waals surface area contributed by atoms with Crippen LogP contribution in [0.1, 0.15) is 11.1 Å². The van der Waals surface area contributed by atoms with Gasteiger partial charge in [0, 0.05) is 13.1 Å². The van der Waals surface area contributed by atoms with Gasteiger partial charge in [-0.05, 0) is 11.1 Å². The molecule has 0 aromatic heterocycles. The Morgan fingerprint density at radius 1 is 0.842 bits per heavy atom. The van der Waals surface area contributed by atoms with Gasteiger partial charge in [0.1, 0.15) is 0 Å². The molecule has 0 unspecified atom stereocenters. The molecule has 0 aliphatic carbocycles. The topological polar surface area (TPSA) is 3.24 Å². The van der Waals surface area contributed by atoms with Crippen LogP contribution in [0.5, 0.6) is 0 Å². The number of nitrogens with zero attached hydrogens (tertiary/aromatic N) is 1. The summed E-state index contributed by atoms with van der Waals surface area (Å²) in [7, 11) is 0. The third-order valence-electron chi connectivity index (χ3n) is 2.69. The molecule has 0 atom stereocenters. The molecule has 0 amide bonds. The maximum absolute atomic E-state index is 5.16. The third-order valence-corrected chi connectivity index (χ3v) is 3.21. The van der Waals surface area contributed by atoms with Crippen molar-refractivity contribution in [1.82, 2.24) is 4.90 Å². The molecule has 2 aromatic carbocycles. The van der Waals surface area contributed by atoms with E-state index < -0.39 is 0 Å². The second kappa shape index (κ2) is 9.52. The van der Waals surface area contributed by atoms with Gasteiger partial charge in [0.05, 0.1) is 0 Å². The van der Waals surface area contributed by atoms with Crippen molar-refractivity contribution in [2.75, 3.05) is 0 Å². The molecule has 0 radical (unpaired) electrons. The van der Waals surface area contributed by atoms with Crippen molar-refractivity contribution in [3.8, 4) is 0 Å². The molecule has 0 heterocycles. The minimum atomic E-state index is 0. The molecule has 1 nitrogen and oxygen atoms in total. The minimum Gasteiger partial charge on any atom is -0.411 e. The van der Waals surface area contributed by atoms with E-state index in [1.807, 2.05) is 41.3 Å². The summed E-state index contributed by atoms with van der Waals surface area (Å²) in [4.78, 5) is 2.04. The number of hydrogen-bond donors (Lipinski definition) is 0. The van der Waals surface area contributed by atoms with Crippen LogP contribution in [0.15, 0.2) is 60.7 Å². The molecule has 0 aliphatic heterocycles. The van der Waals surface area contributed by atoms with Gasteiger partial charge in [-0.2, -0.15) is 0 Å². The summed E-state index contributed by atoms with van der Waals surface area (Å²) in [6.07, 6.45) is 0. The maximum Gasteiger partial charge on any atom is 1.00 e. The SMILES string of the molecule is S=C([S-])N(Cc1ccccc1)Cc1ccccc1.[Cs+]. The van der Waals surface area contributed by atoms with Crippen LogP contribution in [0.4, 0.5) is 0 Å². The van der Waals surface area contributed by atoms with Gasteiger partial charge in [-0.3, -0.25) is 0 Å². The van der Waals surface area contributed by atoms with Crippen molar-refractivity contribution in [3.63, 3.8) is 0 Å². The monoisotopic (exact) mass is 405 g/mol. The Morgan fingerprint density at radius 2 is 1.21 bits per heavy atom. The summed E-state index contributed by atoms with van der Waals surface area (Å²) in [6, 6.07) is 20.5. The summed E-state index contributed by atoms with van der Waals surface area (Å²) < 4.78 is 0.516. The number of thiocarbonyl (C=S) groups is 1. The molecule has 0 fully saturated rings. The summed E-state index contributed by atoms with van der Waals surface area (Å²) in [5.41, 5.74) is 2.45. The fourth-order valence-electron chi connectivity index (χ4n) is 1.79. The van der Waals surface area contributed by atoms with Crippen LogP contribution >= 0.6 is 12.2 Å². The molecule has 2 aromatic rings. The number of benzene rings is 2. The van der Waals surface area contributed by atoms with Crippen LogP contribution in [0, 0.1) is 0 Å². The average Bonchev–Trinajstić information content (AvgIpc) is 2.40. The minimum absolute atomic E-state index is 0. The molecule has 0 saturated carbocycles. The normalized spacial score (nSPS) is 9.47. The molecule has 19 heavy (non-hydrogen) atoms. The molecule has 4 heteroatoms. The molecule has 0 bridgehead atoms. The maximum atomic E-state index is 5.16. The van der Waals surface area contributed by atoms with Crippen LogP contribution in [-0.2, 0) is 25.7 Å². The number of hydrogen-bond acceptors (Lipinski definition) is 2. The van der Waals surface area contributed by atoms with Crippen molar-refractivity contribution in [3.05, 3.63) is 71.8 Å². The van der Waals surface area contributed by atoms with E-state index in [9.17, 15) is 0 Å². The zero-order valence-corrected chi connectivity index (χ0v) is 18.9. The molecule has 92 valence electrons. The molecular weight excluding hydrogens is 391 g/mol. The van der Waals surface area contributed by atoms with Gasteiger partial charge >= 0.3 is 68.9 Å². The van der Waals surface area contributed by atoms with E-state index in [1.165, 1.54) is 11.1 Å². The summed E-state index contributed by atoms with van der Waals surface area (Å²) in [5, 5.41) is 0. The van der Waals surface area contributed by atoms with Crippen LogP contribution in [0.3, 0.4) is 0 Å². The fraction of sp³-hybridized carbons (Fsp3) is 0.133. The first-order valence-corrected chi connectivity index (χ1v) is 6.61. The summed E-state index contributed by atoms with van der Waals surface area (Å²) >= 11 is 10.3. The Hall–Kier alpha value is 0.602. The molecule has 0 spiro atoms. The van der Waals surface area contributed by atoms with Gasteiger partial charge in [-0.15, -0.1) is 0 Å². The van der Waals surface area contributed by atoms with Gasteiger partial charge in [0.2, 0.25) is 0 Å². The smallest absolute Gasteiger partial charge is 0.411 e. The first-order valence-electron chi connectivity index (χ1n) is 5.79. The van der Waals surface area contributed by atoms with Gasteiger partial charge < -0.3 is 29.7 Å². The van der Waals surface area contributed by atoms with E-state index >= 15 is 0 Å². The molecule has 2 rings (SSSR count). The Bertz CT molecular complexity index is 461. The first-order chi connectivity index (χ1) is 8.75. The van der Waals surface area contributed by atoms with E-state index in [1.54, 1.807) is 0 Å². The quantitative estimate of drug-likeness (QED) is 0.540. The second-order valence-corrected chi connectivity index (χ2v) is 5.12. The van der Waals surface area contributed by atoms with Gasteiger partial charge in [-0.1, -0.05) is 65.0 Å². The van der Waals surface area contributed by atoms with Crippen LogP contribution < -0.4 is 68.9 Å². The van der Waals surface area contributed by atoms with E-state index in [-0.39, 0.29) is 68.9 Å². The predicted molar refractivity (Wildman–Crippen MR) is 82.1 cm³/mol. The second-order valence-electron chi connectivity index (χ2n) is 4.09. The van der Waals surface area contributed by atoms with Crippen LogP contribution in [0.25, 0.3) is 0 Å². The van der Waals surface area contributed by atoms with E-state index in [4.69, 9.17) is 24.8 Å². The molecule has 0 aliphatic rings. The Labute approximate surface area is 184 Å². The average molecular weight is 405 g/mol. The zero-order chi connectivity index (χ0) is 12.8. The molecular formula is C15H14CsNS2. The third kappa shape index (κ3) is 6.27. The summed E-state index contributed by atoms with van der Waals surface area (Å²) in [5.74, 6) is 0. The molecule has 0 N–H and O–H groups in total. The van der Waals surface area contributed by atoms with Gasteiger partial charge in [-0.25, -0.2) is 0 Å². The first kappa shape index (κ1) is 17.7. The van der Waals surface area contributed by atoms with Crippen LogP contribution in [-0.4, -0.2) is 9.22 Å². The van der Waals surface area contributed by atoms with Crippen molar-refractivity contribution in [2.24, 2.45) is 0 Å². The van der Waals surface area contributed by atoms with Crippen molar-refractivity contribution < 1.29 is 68.9 Å². The largest absolute Gasteiger partial charge is 1.00 e. The van der Waals surface area contributed by atoms with E-state index in [0.717, 1.165) is 13.1 Å². The molecule has 0 saturated heterocycles. The zero-order valence-electron chi connectivity index (χ0n) is 11.0. The Morgan fingerprint density at radius 3 is 1.53 bits per heavy atom. The van der Waals surface area contributed by atoms with E-state index in [0.29, 0.717) is 4.32 Å². The van der Waals surface area contributed by atoms with Crippen molar-refractivity contribution in [2.45, 2.75) is 13.1 Å². The number of rotatable bonds is 4. The Balaban J connectivity index is 0.00000180. The van der Waals surface area contributed by atoms with Crippen molar-refractivity contribution >= 4 is 29.2 Å². The summed E-state index contributed by atoms with van der Waals surface area (Å²) in [6.45, 7) is 1.52. The predicted octanol–water partition coefficient (Wildman–Crippen LogP) is 0.525. The Kier molecular flexibility index (Phi) is 8.85. The fourth-order valence-corrected chi connectivity index (χ4v) is 2.05. The van der Waals surface area contributed by atoms with E-state index in [2.05, 4.69) is 24.3 Å². The van der Waals surface area contributed by atoms with Crippen LogP contribution in [0.2, 0.25) is 0 Å². The van der Waals surface area contributed by atoms with Crippen molar-refractivity contribution in [1.29, 1.82) is 0 Å². The standard InChI is InChI=1S/C15H15NS2.Cs/c17-15(18)16(11-13-7-3-1-4-8-13)12-14-9-5-2-6-10-14;/h1-10H,11-12H2,(H,17,18);/q;+1/p-1. The van der Waals surface area contributed by atoms with Gasteiger partial charge in [0.25, 0.3) is 0 Å². The van der Waals surface area contributed by atoms with Gasteiger partial charge in [0.15, 0.2) is 0 Å².